The Balaban J connectivity index is 2.49. The van der Waals surface area contributed by atoms with Gasteiger partial charge in [0.15, 0.2) is 9.84 Å². The Morgan fingerprint density at radius 2 is 2.00 bits per heavy atom. The molecule has 0 radical (unpaired) electrons. The van der Waals surface area contributed by atoms with E-state index < -0.39 is 21.5 Å². The van der Waals surface area contributed by atoms with E-state index >= 15 is 0 Å². The van der Waals surface area contributed by atoms with Crippen LogP contribution in [0.3, 0.4) is 0 Å². The average molecular weight is 303 g/mol. The highest BCUT2D eigenvalue weighted by Gasteiger charge is 2.16. The van der Waals surface area contributed by atoms with Crippen LogP contribution in [0.4, 0.5) is 8.78 Å². The maximum atomic E-state index is 13.7. The molecule has 2 rings (SSSR count). The molecule has 2 aromatic rings. The second-order valence-electron chi connectivity index (χ2n) is 4.21. The van der Waals surface area contributed by atoms with Crippen LogP contribution in [0.2, 0.25) is 0 Å². The van der Waals surface area contributed by atoms with Gasteiger partial charge in [0.1, 0.15) is 22.4 Å². The standard InChI is InChI=1S/C12H11F2NO2S2/c1-7-12(9-5-8(13)3-4-10(9)14)15-11(18-7)6-19(2,16)17/h3-5H,6H2,1-2H3. The molecular formula is C12H11F2NO2S2. The number of hydrogen-bond donors (Lipinski definition) is 0. The highest BCUT2D eigenvalue weighted by atomic mass is 32.2. The van der Waals surface area contributed by atoms with E-state index in [1.165, 1.54) is 11.3 Å². The maximum Gasteiger partial charge on any atom is 0.153 e. The third kappa shape index (κ3) is 3.36. The Kier molecular flexibility index (Phi) is 3.69. The Labute approximate surface area is 113 Å². The molecule has 102 valence electrons. The molecule has 0 N–H and O–H groups in total. The molecule has 19 heavy (non-hydrogen) atoms. The molecule has 0 aliphatic rings. The lowest BCUT2D eigenvalue weighted by atomic mass is 10.1. The van der Waals surface area contributed by atoms with Gasteiger partial charge in [0.05, 0.1) is 5.69 Å². The van der Waals surface area contributed by atoms with Crippen molar-refractivity contribution < 1.29 is 17.2 Å². The van der Waals surface area contributed by atoms with E-state index in [1.807, 2.05) is 0 Å². The first-order chi connectivity index (χ1) is 8.76. The van der Waals surface area contributed by atoms with E-state index in [1.54, 1.807) is 6.92 Å². The van der Waals surface area contributed by atoms with Gasteiger partial charge in [-0.3, -0.25) is 0 Å². The first-order valence-corrected chi connectivity index (χ1v) is 8.23. The van der Waals surface area contributed by atoms with Crippen molar-refractivity contribution in [3.63, 3.8) is 0 Å². The van der Waals surface area contributed by atoms with Gasteiger partial charge in [-0.05, 0) is 25.1 Å². The fraction of sp³-hybridized carbons (Fsp3) is 0.250. The van der Waals surface area contributed by atoms with E-state index in [0.29, 0.717) is 15.6 Å². The summed E-state index contributed by atoms with van der Waals surface area (Å²) >= 11 is 1.17. The molecule has 0 bridgehead atoms. The van der Waals surface area contributed by atoms with Gasteiger partial charge in [0, 0.05) is 16.7 Å². The maximum absolute atomic E-state index is 13.7. The smallest absolute Gasteiger partial charge is 0.153 e. The summed E-state index contributed by atoms with van der Waals surface area (Å²) in [6.45, 7) is 1.70. The van der Waals surface area contributed by atoms with Gasteiger partial charge in [-0.15, -0.1) is 11.3 Å². The van der Waals surface area contributed by atoms with E-state index in [9.17, 15) is 17.2 Å². The lowest BCUT2D eigenvalue weighted by Crippen LogP contribution is -2.00. The average Bonchev–Trinajstić information content (AvgIpc) is 2.60. The molecule has 0 atom stereocenters. The van der Waals surface area contributed by atoms with Crippen molar-refractivity contribution in [2.45, 2.75) is 12.7 Å². The first-order valence-electron chi connectivity index (χ1n) is 5.36. The molecular weight excluding hydrogens is 292 g/mol. The second kappa shape index (κ2) is 4.97. The molecule has 0 amide bonds. The van der Waals surface area contributed by atoms with Crippen molar-refractivity contribution in [3.8, 4) is 11.3 Å². The highest BCUT2D eigenvalue weighted by Crippen LogP contribution is 2.30. The van der Waals surface area contributed by atoms with Crippen LogP contribution in [0.15, 0.2) is 18.2 Å². The normalized spacial score (nSPS) is 11.8. The number of halogens is 2. The SMILES string of the molecule is Cc1sc(CS(C)(=O)=O)nc1-c1cc(F)ccc1F. The van der Waals surface area contributed by atoms with Crippen molar-refractivity contribution in [2.24, 2.45) is 0 Å². The molecule has 3 nitrogen and oxygen atoms in total. The Morgan fingerprint density at radius 1 is 1.32 bits per heavy atom. The number of rotatable bonds is 3. The van der Waals surface area contributed by atoms with Crippen molar-refractivity contribution in [2.75, 3.05) is 6.26 Å². The van der Waals surface area contributed by atoms with Gasteiger partial charge in [-0.25, -0.2) is 22.2 Å². The van der Waals surface area contributed by atoms with Crippen LogP contribution in [0, 0.1) is 18.6 Å². The predicted octanol–water partition coefficient (Wildman–Crippen LogP) is 2.94. The number of thiazole rings is 1. The zero-order valence-electron chi connectivity index (χ0n) is 10.3. The highest BCUT2D eigenvalue weighted by molar-refractivity contribution is 7.90. The summed E-state index contributed by atoms with van der Waals surface area (Å²) in [5.74, 6) is -1.34. The lowest BCUT2D eigenvalue weighted by molar-refractivity contribution is 0.600. The minimum Gasteiger partial charge on any atom is -0.240 e. The van der Waals surface area contributed by atoms with Crippen LogP contribution >= 0.6 is 11.3 Å². The van der Waals surface area contributed by atoms with Crippen molar-refractivity contribution in [1.29, 1.82) is 0 Å². The van der Waals surface area contributed by atoms with Gasteiger partial charge in [-0.2, -0.15) is 0 Å². The van der Waals surface area contributed by atoms with Crippen LogP contribution in [-0.2, 0) is 15.6 Å². The van der Waals surface area contributed by atoms with Gasteiger partial charge >= 0.3 is 0 Å². The molecule has 0 spiro atoms. The fourth-order valence-electron chi connectivity index (χ4n) is 1.67. The zero-order chi connectivity index (χ0) is 14.2. The van der Waals surface area contributed by atoms with Gasteiger partial charge < -0.3 is 0 Å². The van der Waals surface area contributed by atoms with Crippen molar-refractivity contribution >= 4 is 21.2 Å². The molecule has 1 aromatic carbocycles. The monoisotopic (exact) mass is 303 g/mol. The van der Waals surface area contributed by atoms with Crippen LogP contribution in [0.1, 0.15) is 9.88 Å². The Morgan fingerprint density at radius 3 is 2.63 bits per heavy atom. The largest absolute Gasteiger partial charge is 0.240 e. The number of hydrogen-bond acceptors (Lipinski definition) is 4. The number of nitrogens with zero attached hydrogens (tertiary/aromatic N) is 1. The summed E-state index contributed by atoms with van der Waals surface area (Å²) in [4.78, 5) is 4.76. The summed E-state index contributed by atoms with van der Waals surface area (Å²) in [6.07, 6.45) is 1.10. The van der Waals surface area contributed by atoms with Crippen molar-refractivity contribution in [1.82, 2.24) is 4.98 Å². The summed E-state index contributed by atoms with van der Waals surface area (Å²) < 4.78 is 49.2. The lowest BCUT2D eigenvalue weighted by Gasteiger charge is -2.01. The van der Waals surface area contributed by atoms with Gasteiger partial charge in [-0.1, -0.05) is 0 Å². The fourth-order valence-corrected chi connectivity index (χ4v) is 3.80. The molecule has 0 aliphatic heterocycles. The predicted molar refractivity (Wildman–Crippen MR) is 70.8 cm³/mol. The number of aryl methyl sites for hydroxylation is 1. The van der Waals surface area contributed by atoms with Crippen LogP contribution in [0.25, 0.3) is 11.3 Å². The molecule has 0 saturated heterocycles. The van der Waals surface area contributed by atoms with Crippen molar-refractivity contribution in [3.05, 3.63) is 39.7 Å². The third-order valence-electron chi connectivity index (χ3n) is 2.41. The second-order valence-corrected chi connectivity index (χ2v) is 7.63. The van der Waals surface area contributed by atoms with Crippen LogP contribution < -0.4 is 0 Å². The number of sulfone groups is 1. The molecule has 0 unspecified atom stereocenters. The first kappa shape index (κ1) is 14.1. The zero-order valence-corrected chi connectivity index (χ0v) is 11.9. The topological polar surface area (TPSA) is 47.0 Å². The van der Waals surface area contributed by atoms with Crippen LogP contribution in [-0.4, -0.2) is 19.7 Å². The molecule has 0 aliphatic carbocycles. The van der Waals surface area contributed by atoms with Gasteiger partial charge in [0.25, 0.3) is 0 Å². The summed E-state index contributed by atoms with van der Waals surface area (Å²) in [5.41, 5.74) is 0.342. The minimum atomic E-state index is -3.20. The third-order valence-corrected chi connectivity index (χ3v) is 4.36. The molecule has 0 saturated carbocycles. The summed E-state index contributed by atoms with van der Waals surface area (Å²) in [6, 6.07) is 3.11. The van der Waals surface area contributed by atoms with E-state index in [0.717, 1.165) is 24.5 Å². The molecule has 7 heteroatoms. The van der Waals surface area contributed by atoms with E-state index in [-0.39, 0.29) is 11.3 Å². The van der Waals surface area contributed by atoms with Crippen LogP contribution in [0.5, 0.6) is 0 Å². The molecule has 0 fully saturated rings. The van der Waals surface area contributed by atoms with E-state index in [2.05, 4.69) is 4.98 Å². The van der Waals surface area contributed by atoms with Gasteiger partial charge in [0.2, 0.25) is 0 Å². The number of aromatic nitrogens is 1. The van der Waals surface area contributed by atoms with E-state index in [4.69, 9.17) is 0 Å². The molecule has 1 aromatic heterocycles. The minimum absolute atomic E-state index is 0.0495. The summed E-state index contributed by atoms with van der Waals surface area (Å²) in [5, 5.41) is 0.374. The Bertz CT molecular complexity index is 723. The number of benzene rings is 1. The quantitative estimate of drug-likeness (QED) is 0.876. The Hall–Kier alpha value is -1.34. The summed E-state index contributed by atoms with van der Waals surface area (Å²) in [7, 11) is -3.20. The molecule has 1 heterocycles.